The maximum absolute atomic E-state index is 5.94. The Bertz CT molecular complexity index is 746. The van der Waals surface area contributed by atoms with E-state index >= 15 is 0 Å². The largest absolute Gasteiger partial charge is 0.490 e. The van der Waals surface area contributed by atoms with Crippen LogP contribution < -0.4 is 9.47 Å². The average molecular weight is 469 g/mol. The molecule has 182 valence electrons. The Kier molecular flexibility index (Phi) is 11.1. The van der Waals surface area contributed by atoms with E-state index < -0.39 is 0 Å². The van der Waals surface area contributed by atoms with Gasteiger partial charge in [-0.05, 0) is 82.4 Å². The smallest absolute Gasteiger partial charge is 0.131 e. The fraction of sp³-hybridized carbons (Fsp3) is 0.600. The summed E-state index contributed by atoms with van der Waals surface area (Å²) < 4.78 is 11.9. The molecule has 0 aliphatic heterocycles. The summed E-state index contributed by atoms with van der Waals surface area (Å²) >= 11 is 0. The summed E-state index contributed by atoms with van der Waals surface area (Å²) in [6, 6.07) is 16.2. The van der Waals surface area contributed by atoms with Crippen molar-refractivity contribution in [2.45, 2.75) is 115 Å². The molecule has 0 heterocycles. The number of rotatable bonds is 7. The van der Waals surface area contributed by atoms with E-state index in [0.29, 0.717) is 0 Å². The van der Waals surface area contributed by atoms with Crippen LogP contribution in [0, 0.1) is 0 Å². The molecule has 0 N–H and O–H groups in total. The Morgan fingerprint density at radius 3 is 1.48 bits per heavy atom. The standard InChI is InChI=1S/C18H22O2.C12H23P/c1-13(2)19-16-11-8-12-17(20-14(3)4)18(16)15-9-6-5-7-10-15;1-3-7-11(8-4-1)13-12-9-5-2-6-10-12/h5-14H,1-4H3;11-13H,1-10H2. The van der Waals surface area contributed by atoms with Crippen LogP contribution in [0.5, 0.6) is 11.5 Å². The zero-order valence-corrected chi connectivity index (χ0v) is 22.3. The fourth-order valence-corrected chi connectivity index (χ4v) is 7.13. The zero-order valence-electron chi connectivity index (χ0n) is 21.3. The first-order valence-electron chi connectivity index (χ1n) is 13.3. The molecule has 0 atom stereocenters. The lowest BCUT2D eigenvalue weighted by Gasteiger charge is -2.28. The molecule has 2 nitrogen and oxygen atoms in total. The lowest BCUT2D eigenvalue weighted by molar-refractivity contribution is 0.231. The normalized spacial score (nSPS) is 17.5. The van der Waals surface area contributed by atoms with Gasteiger partial charge in [0.2, 0.25) is 0 Å². The minimum atomic E-state index is 0.131. The van der Waals surface area contributed by atoms with Crippen molar-refractivity contribution in [2.75, 3.05) is 0 Å². The van der Waals surface area contributed by atoms with Crippen LogP contribution in [0.25, 0.3) is 11.1 Å². The van der Waals surface area contributed by atoms with Crippen LogP contribution in [0.1, 0.15) is 91.9 Å². The number of hydrogen-bond acceptors (Lipinski definition) is 2. The van der Waals surface area contributed by atoms with Crippen molar-refractivity contribution in [3.05, 3.63) is 48.5 Å². The van der Waals surface area contributed by atoms with Crippen molar-refractivity contribution >= 4 is 8.58 Å². The Labute approximate surface area is 204 Å². The minimum Gasteiger partial charge on any atom is -0.490 e. The monoisotopic (exact) mass is 468 g/mol. The van der Waals surface area contributed by atoms with Gasteiger partial charge in [0, 0.05) is 0 Å². The lowest BCUT2D eigenvalue weighted by Crippen LogP contribution is -2.14. The van der Waals surface area contributed by atoms with E-state index in [2.05, 4.69) is 12.1 Å². The molecule has 2 aromatic carbocycles. The predicted molar refractivity (Wildman–Crippen MR) is 145 cm³/mol. The van der Waals surface area contributed by atoms with E-state index in [4.69, 9.17) is 9.47 Å². The Hall–Kier alpha value is -1.53. The lowest BCUT2D eigenvalue weighted by atomic mass is 10.00. The van der Waals surface area contributed by atoms with Gasteiger partial charge in [-0.2, -0.15) is 0 Å². The second-order valence-corrected chi connectivity index (χ2v) is 12.1. The Morgan fingerprint density at radius 1 is 0.606 bits per heavy atom. The van der Waals surface area contributed by atoms with Crippen LogP contribution in [0.2, 0.25) is 0 Å². The molecular weight excluding hydrogens is 423 g/mol. The first kappa shape index (κ1) is 26.1. The third-order valence-electron chi connectivity index (χ3n) is 6.46. The van der Waals surface area contributed by atoms with E-state index in [9.17, 15) is 0 Å². The zero-order chi connectivity index (χ0) is 23.5. The van der Waals surface area contributed by atoms with E-state index in [1.807, 2.05) is 64.1 Å². The van der Waals surface area contributed by atoms with Crippen LogP contribution in [0.3, 0.4) is 0 Å². The molecule has 3 heteroatoms. The van der Waals surface area contributed by atoms with E-state index in [-0.39, 0.29) is 12.2 Å². The third kappa shape index (κ3) is 8.97. The number of benzene rings is 2. The van der Waals surface area contributed by atoms with Crippen molar-refractivity contribution in [1.29, 1.82) is 0 Å². The highest BCUT2D eigenvalue weighted by molar-refractivity contribution is 7.39. The molecule has 0 bridgehead atoms. The van der Waals surface area contributed by atoms with Gasteiger partial charge in [-0.15, -0.1) is 8.58 Å². The molecular formula is C30H45O2P. The van der Waals surface area contributed by atoms with Gasteiger partial charge in [0.1, 0.15) is 11.5 Å². The van der Waals surface area contributed by atoms with Gasteiger partial charge in [0.15, 0.2) is 0 Å². The molecule has 0 spiro atoms. The highest BCUT2D eigenvalue weighted by Crippen LogP contribution is 2.42. The third-order valence-corrected chi connectivity index (χ3v) is 8.56. The molecule has 2 aliphatic carbocycles. The Morgan fingerprint density at radius 2 is 1.06 bits per heavy atom. The molecule has 2 aromatic rings. The van der Waals surface area contributed by atoms with Crippen molar-refractivity contribution in [3.8, 4) is 22.6 Å². The molecule has 0 amide bonds. The highest BCUT2D eigenvalue weighted by Gasteiger charge is 2.20. The van der Waals surface area contributed by atoms with E-state index in [1.54, 1.807) is 25.7 Å². The van der Waals surface area contributed by atoms with Crippen molar-refractivity contribution in [1.82, 2.24) is 0 Å². The van der Waals surface area contributed by atoms with E-state index in [1.165, 1.54) is 47.1 Å². The van der Waals surface area contributed by atoms with Gasteiger partial charge >= 0.3 is 0 Å². The summed E-state index contributed by atoms with van der Waals surface area (Å²) in [6.45, 7) is 8.13. The Balaban J connectivity index is 0.000000203. The van der Waals surface area contributed by atoms with Crippen molar-refractivity contribution in [3.63, 3.8) is 0 Å². The predicted octanol–water partition coefficient (Wildman–Crippen LogP) is 9.26. The first-order valence-corrected chi connectivity index (χ1v) is 14.5. The maximum atomic E-state index is 5.94. The van der Waals surface area contributed by atoms with Crippen LogP contribution in [-0.4, -0.2) is 23.5 Å². The molecule has 2 saturated carbocycles. The molecule has 2 fully saturated rings. The SMILES string of the molecule is C1CCC(PC2CCCCC2)CC1.CC(C)Oc1cccc(OC(C)C)c1-c1ccccc1. The van der Waals surface area contributed by atoms with Crippen LogP contribution in [0.4, 0.5) is 0 Å². The van der Waals surface area contributed by atoms with E-state index in [0.717, 1.165) is 33.9 Å². The fourth-order valence-electron chi connectivity index (χ4n) is 4.98. The van der Waals surface area contributed by atoms with Gasteiger partial charge in [0.05, 0.1) is 17.8 Å². The molecule has 0 unspecified atom stereocenters. The van der Waals surface area contributed by atoms with Crippen LogP contribution in [-0.2, 0) is 0 Å². The topological polar surface area (TPSA) is 18.5 Å². The van der Waals surface area contributed by atoms with Crippen LogP contribution in [0.15, 0.2) is 48.5 Å². The minimum absolute atomic E-state index is 0.131. The summed E-state index contributed by atoms with van der Waals surface area (Å²) in [7, 11) is 1.33. The molecule has 4 rings (SSSR count). The molecule has 33 heavy (non-hydrogen) atoms. The van der Waals surface area contributed by atoms with Crippen LogP contribution >= 0.6 is 8.58 Å². The maximum Gasteiger partial charge on any atom is 0.131 e. The highest BCUT2D eigenvalue weighted by atomic mass is 31.1. The van der Waals surface area contributed by atoms with Gasteiger partial charge in [-0.1, -0.05) is 74.9 Å². The quantitative estimate of drug-likeness (QED) is 0.377. The summed E-state index contributed by atoms with van der Waals surface area (Å²) in [5, 5.41) is 0. The van der Waals surface area contributed by atoms with Gasteiger partial charge < -0.3 is 9.47 Å². The summed E-state index contributed by atoms with van der Waals surface area (Å²) in [4.78, 5) is 0. The van der Waals surface area contributed by atoms with Gasteiger partial charge in [-0.3, -0.25) is 0 Å². The second-order valence-electron chi connectivity index (χ2n) is 10.2. The van der Waals surface area contributed by atoms with Gasteiger partial charge in [-0.25, -0.2) is 0 Å². The molecule has 0 saturated heterocycles. The summed E-state index contributed by atoms with van der Waals surface area (Å²) in [6.07, 6.45) is 15.7. The number of ether oxygens (including phenoxy) is 2. The van der Waals surface area contributed by atoms with Crippen molar-refractivity contribution < 1.29 is 9.47 Å². The number of hydrogen-bond donors (Lipinski definition) is 0. The molecule has 0 aromatic heterocycles. The molecule has 0 radical (unpaired) electrons. The first-order chi connectivity index (χ1) is 16.0. The average Bonchev–Trinajstić information content (AvgIpc) is 2.81. The van der Waals surface area contributed by atoms with Gasteiger partial charge in [0.25, 0.3) is 0 Å². The molecule has 2 aliphatic rings. The van der Waals surface area contributed by atoms with Crippen molar-refractivity contribution in [2.24, 2.45) is 0 Å². The second kappa shape index (κ2) is 14.0. The summed E-state index contributed by atoms with van der Waals surface area (Å²) in [5.74, 6) is 1.73. The summed E-state index contributed by atoms with van der Waals surface area (Å²) in [5.41, 5.74) is 4.43.